The number of anilines is 1. The van der Waals surface area contributed by atoms with E-state index in [1.165, 1.54) is 26.0 Å². The number of benzene rings is 1. The molecule has 1 saturated carbocycles. The molecule has 6 rings (SSSR count). The van der Waals surface area contributed by atoms with Gasteiger partial charge in [-0.3, -0.25) is 0 Å². The summed E-state index contributed by atoms with van der Waals surface area (Å²) >= 11 is 0. The molecular weight excluding hydrogens is 459 g/mol. The van der Waals surface area contributed by atoms with Gasteiger partial charge >= 0.3 is 0 Å². The van der Waals surface area contributed by atoms with Gasteiger partial charge < -0.3 is 20.1 Å². The molecule has 2 N–H and O–H groups in total. The first-order valence-electron chi connectivity index (χ1n) is 12.6. The summed E-state index contributed by atoms with van der Waals surface area (Å²) in [5.74, 6) is 0.0704. The van der Waals surface area contributed by atoms with E-state index in [2.05, 4.69) is 44.5 Å². The Hall–Kier alpha value is -3.33. The van der Waals surface area contributed by atoms with Crippen LogP contribution in [0.1, 0.15) is 52.4 Å². The molecule has 0 spiro atoms. The normalized spacial score (nSPS) is 27.2. The number of hydrogen-bond donors (Lipinski definition) is 2. The fourth-order valence-corrected chi connectivity index (χ4v) is 6.35. The second kappa shape index (κ2) is 8.37. The number of piperidine rings is 1. The van der Waals surface area contributed by atoms with E-state index >= 15 is 4.39 Å². The molecule has 1 aliphatic carbocycles. The number of aromatic nitrogens is 4. The summed E-state index contributed by atoms with van der Waals surface area (Å²) in [5, 5.41) is 31.0. The number of ether oxygens (including phenoxy) is 1. The van der Waals surface area contributed by atoms with Crippen molar-refractivity contribution in [1.82, 2.24) is 25.7 Å². The van der Waals surface area contributed by atoms with Crippen LogP contribution in [-0.4, -0.2) is 55.8 Å². The van der Waals surface area contributed by atoms with Crippen molar-refractivity contribution in [3.8, 4) is 34.0 Å². The van der Waals surface area contributed by atoms with Crippen molar-refractivity contribution in [3.63, 3.8) is 0 Å². The standard InChI is InChI=1S/C27H31FN6O2/c1-26-12-13-27(2,33-26)15-17(14-26)34(16-8-9-16)21-11-10-19(29-30-21)23-22(18-6-4-5-7-20(18)35)24(28)31-32-25(23)36-3/h4-7,10-11,16-17,33,35H,8-9,12-15H2,1-3H3. The summed E-state index contributed by atoms with van der Waals surface area (Å²) in [4.78, 5) is 2.46. The molecule has 1 aromatic carbocycles. The minimum absolute atomic E-state index is 0.0697. The lowest BCUT2D eigenvalue weighted by Gasteiger charge is -2.46. The van der Waals surface area contributed by atoms with Gasteiger partial charge in [0, 0.05) is 28.7 Å². The second-order valence-corrected chi connectivity index (χ2v) is 11.0. The Labute approximate surface area is 209 Å². The molecular formula is C27H31FN6O2. The van der Waals surface area contributed by atoms with Crippen molar-refractivity contribution in [2.75, 3.05) is 12.0 Å². The fraction of sp³-hybridized carbons (Fsp3) is 0.481. The molecule has 3 aliphatic rings. The van der Waals surface area contributed by atoms with E-state index in [9.17, 15) is 5.11 Å². The van der Waals surface area contributed by atoms with Crippen LogP contribution in [0.5, 0.6) is 11.6 Å². The number of methoxy groups -OCH3 is 1. The Kier molecular flexibility index (Phi) is 5.37. The maximum atomic E-state index is 15.0. The highest BCUT2D eigenvalue weighted by Gasteiger charge is 2.51. The minimum atomic E-state index is -0.815. The average molecular weight is 491 g/mol. The lowest BCUT2D eigenvalue weighted by Crippen LogP contribution is -2.59. The van der Waals surface area contributed by atoms with Gasteiger partial charge in [-0.05, 0) is 70.6 Å². The third-order valence-corrected chi connectivity index (χ3v) is 7.97. The zero-order chi connectivity index (χ0) is 25.1. The van der Waals surface area contributed by atoms with Crippen LogP contribution in [0.4, 0.5) is 10.2 Å². The van der Waals surface area contributed by atoms with Crippen molar-refractivity contribution in [2.45, 2.75) is 75.5 Å². The summed E-state index contributed by atoms with van der Waals surface area (Å²) in [6, 6.07) is 11.2. The van der Waals surface area contributed by atoms with Gasteiger partial charge in [0.25, 0.3) is 0 Å². The molecule has 188 valence electrons. The van der Waals surface area contributed by atoms with Crippen LogP contribution in [0, 0.1) is 5.95 Å². The van der Waals surface area contributed by atoms with Gasteiger partial charge in [0.15, 0.2) is 5.82 Å². The molecule has 8 nitrogen and oxygen atoms in total. The first-order valence-corrected chi connectivity index (χ1v) is 12.6. The molecule has 0 amide bonds. The molecule has 2 aliphatic heterocycles. The van der Waals surface area contributed by atoms with Crippen LogP contribution in [0.3, 0.4) is 0 Å². The molecule has 36 heavy (non-hydrogen) atoms. The molecule has 2 saturated heterocycles. The third-order valence-electron chi connectivity index (χ3n) is 7.97. The van der Waals surface area contributed by atoms with Gasteiger partial charge in [-0.1, -0.05) is 18.2 Å². The number of phenols is 1. The molecule has 3 aromatic rings. The molecule has 2 atom stereocenters. The first-order chi connectivity index (χ1) is 17.3. The van der Waals surface area contributed by atoms with E-state index in [-0.39, 0.29) is 33.8 Å². The molecule has 0 radical (unpaired) electrons. The Balaban J connectivity index is 1.39. The fourth-order valence-electron chi connectivity index (χ4n) is 6.35. The van der Waals surface area contributed by atoms with Crippen LogP contribution in [0.15, 0.2) is 36.4 Å². The Morgan fingerprint density at radius 1 is 0.944 bits per heavy atom. The average Bonchev–Trinajstić information content (AvgIpc) is 3.65. The predicted octanol–water partition coefficient (Wildman–Crippen LogP) is 4.49. The number of rotatable bonds is 6. The van der Waals surface area contributed by atoms with Crippen molar-refractivity contribution < 1.29 is 14.2 Å². The quantitative estimate of drug-likeness (QED) is 0.522. The van der Waals surface area contributed by atoms with Crippen molar-refractivity contribution in [3.05, 3.63) is 42.3 Å². The summed E-state index contributed by atoms with van der Waals surface area (Å²) in [5.41, 5.74) is 1.38. The number of nitrogens with zero attached hydrogens (tertiary/aromatic N) is 5. The zero-order valence-electron chi connectivity index (χ0n) is 20.8. The third kappa shape index (κ3) is 3.95. The highest BCUT2D eigenvalue weighted by molar-refractivity contribution is 5.87. The summed E-state index contributed by atoms with van der Waals surface area (Å²) in [6.07, 6.45) is 6.86. The van der Waals surface area contributed by atoms with E-state index in [0.717, 1.165) is 31.5 Å². The highest BCUT2D eigenvalue weighted by atomic mass is 19.1. The van der Waals surface area contributed by atoms with Crippen molar-refractivity contribution in [1.29, 1.82) is 0 Å². The van der Waals surface area contributed by atoms with E-state index in [1.807, 2.05) is 12.1 Å². The highest BCUT2D eigenvalue weighted by Crippen LogP contribution is 2.47. The Morgan fingerprint density at radius 3 is 2.28 bits per heavy atom. The van der Waals surface area contributed by atoms with Gasteiger partial charge in [-0.2, -0.15) is 4.39 Å². The Bertz CT molecular complexity index is 1280. The van der Waals surface area contributed by atoms with Crippen LogP contribution >= 0.6 is 0 Å². The SMILES string of the molecule is COc1nnc(F)c(-c2ccccc2O)c1-c1ccc(N(C2CC2)C2CC3(C)CCC(C)(C2)N3)nn1. The number of nitrogens with one attached hydrogen (secondary N) is 1. The van der Waals surface area contributed by atoms with Gasteiger partial charge in [-0.25, -0.2) is 0 Å². The zero-order valence-corrected chi connectivity index (χ0v) is 20.8. The van der Waals surface area contributed by atoms with Crippen LogP contribution in [-0.2, 0) is 0 Å². The van der Waals surface area contributed by atoms with Crippen LogP contribution < -0.4 is 15.0 Å². The maximum Gasteiger partial charge on any atom is 0.243 e. The van der Waals surface area contributed by atoms with E-state index in [0.29, 0.717) is 23.3 Å². The number of aromatic hydroxyl groups is 1. The molecule has 3 fully saturated rings. The number of phenolic OH excluding ortho intramolecular Hbond substituents is 1. The van der Waals surface area contributed by atoms with Crippen LogP contribution in [0.25, 0.3) is 22.4 Å². The molecule has 4 heterocycles. The Morgan fingerprint density at radius 2 is 1.67 bits per heavy atom. The number of fused-ring (bicyclic) bond motifs is 2. The van der Waals surface area contributed by atoms with Gasteiger partial charge in [0.2, 0.25) is 11.8 Å². The van der Waals surface area contributed by atoms with E-state index in [4.69, 9.17) is 4.74 Å². The molecule has 2 bridgehead atoms. The number of halogens is 1. The smallest absolute Gasteiger partial charge is 0.243 e. The topological polar surface area (TPSA) is 96.3 Å². The molecule has 2 aromatic heterocycles. The van der Waals surface area contributed by atoms with Crippen molar-refractivity contribution in [2.24, 2.45) is 0 Å². The number of para-hydroxylation sites is 1. The van der Waals surface area contributed by atoms with Crippen LogP contribution in [0.2, 0.25) is 0 Å². The summed E-state index contributed by atoms with van der Waals surface area (Å²) in [6.45, 7) is 4.67. The minimum Gasteiger partial charge on any atom is -0.507 e. The van der Waals surface area contributed by atoms with E-state index < -0.39 is 5.95 Å². The van der Waals surface area contributed by atoms with Gasteiger partial charge in [0.1, 0.15) is 5.75 Å². The monoisotopic (exact) mass is 490 g/mol. The van der Waals surface area contributed by atoms with Crippen molar-refractivity contribution >= 4 is 5.82 Å². The largest absolute Gasteiger partial charge is 0.507 e. The van der Waals surface area contributed by atoms with Gasteiger partial charge in [0.05, 0.1) is 23.9 Å². The number of hydrogen-bond acceptors (Lipinski definition) is 8. The molecule has 9 heteroatoms. The maximum absolute atomic E-state index is 15.0. The lowest BCUT2D eigenvalue weighted by molar-refractivity contribution is 0.203. The van der Waals surface area contributed by atoms with Gasteiger partial charge in [-0.15, -0.1) is 20.4 Å². The molecule has 2 unspecified atom stereocenters. The first kappa shape index (κ1) is 23.1. The summed E-state index contributed by atoms with van der Waals surface area (Å²) in [7, 11) is 1.45. The van der Waals surface area contributed by atoms with E-state index in [1.54, 1.807) is 18.2 Å². The second-order valence-electron chi connectivity index (χ2n) is 11.0. The summed E-state index contributed by atoms with van der Waals surface area (Å²) < 4.78 is 20.5. The lowest BCUT2D eigenvalue weighted by atomic mass is 9.84. The predicted molar refractivity (Wildman–Crippen MR) is 134 cm³/mol.